The predicted octanol–water partition coefficient (Wildman–Crippen LogP) is 1.75. The third kappa shape index (κ3) is 2.24. The van der Waals surface area contributed by atoms with Crippen molar-refractivity contribution >= 4 is 16.7 Å². The highest BCUT2D eigenvalue weighted by Gasteiger charge is 2.12. The molecule has 3 rings (SSSR count). The van der Waals surface area contributed by atoms with Crippen molar-refractivity contribution in [2.24, 2.45) is 7.05 Å². The Labute approximate surface area is 117 Å². The largest absolute Gasteiger partial charge is 0.399 e. The van der Waals surface area contributed by atoms with Crippen molar-refractivity contribution in [1.29, 1.82) is 0 Å². The zero-order valence-electron chi connectivity index (χ0n) is 11.7. The van der Waals surface area contributed by atoms with E-state index in [1.807, 2.05) is 25.2 Å². The summed E-state index contributed by atoms with van der Waals surface area (Å²) >= 11 is 0. The van der Waals surface area contributed by atoms with Gasteiger partial charge < -0.3 is 10.3 Å². The van der Waals surface area contributed by atoms with Crippen molar-refractivity contribution in [1.82, 2.24) is 24.3 Å². The van der Waals surface area contributed by atoms with Crippen LogP contribution in [0.1, 0.15) is 25.0 Å². The number of aryl methyl sites for hydroxylation is 2. The van der Waals surface area contributed by atoms with Gasteiger partial charge in [-0.25, -0.2) is 9.97 Å². The highest BCUT2D eigenvalue weighted by Crippen LogP contribution is 2.20. The molecule has 6 nitrogen and oxygen atoms in total. The molecule has 2 N–H and O–H groups in total. The number of rotatable bonds is 4. The van der Waals surface area contributed by atoms with E-state index in [1.165, 1.54) is 0 Å². The first kappa shape index (κ1) is 12.7. The van der Waals surface area contributed by atoms with Crippen LogP contribution in [0.25, 0.3) is 11.0 Å². The second kappa shape index (κ2) is 4.96. The Hall–Kier alpha value is -2.37. The Morgan fingerprint density at radius 3 is 2.85 bits per heavy atom. The molecule has 0 unspecified atom stereocenters. The molecule has 20 heavy (non-hydrogen) atoms. The van der Waals surface area contributed by atoms with Gasteiger partial charge in [-0.3, -0.25) is 4.68 Å². The minimum atomic E-state index is 0.636. The molecule has 6 heteroatoms. The summed E-state index contributed by atoms with van der Waals surface area (Å²) in [6, 6.07) is 5.83. The standard InChI is InChI=1S/C14H18N6/c1-3-4-14-17-11-7-10(15)5-6-12(11)20(14)8-13-16-9-19(2)18-13/h5-7,9H,3-4,8,15H2,1-2H3. The molecule has 0 bridgehead atoms. The average Bonchev–Trinajstić information content (AvgIpc) is 2.95. The Morgan fingerprint density at radius 1 is 1.30 bits per heavy atom. The van der Waals surface area contributed by atoms with E-state index in [0.717, 1.165) is 41.2 Å². The Balaban J connectivity index is 2.08. The molecule has 0 aliphatic heterocycles. The molecule has 2 aromatic heterocycles. The molecule has 0 radical (unpaired) electrons. The maximum Gasteiger partial charge on any atom is 0.170 e. The van der Waals surface area contributed by atoms with E-state index in [-0.39, 0.29) is 0 Å². The van der Waals surface area contributed by atoms with Gasteiger partial charge in [0.15, 0.2) is 5.82 Å². The lowest BCUT2D eigenvalue weighted by molar-refractivity contribution is 0.675. The Morgan fingerprint density at radius 2 is 2.15 bits per heavy atom. The van der Waals surface area contributed by atoms with E-state index in [1.54, 1.807) is 11.0 Å². The fraction of sp³-hybridized carbons (Fsp3) is 0.357. The van der Waals surface area contributed by atoms with Gasteiger partial charge in [-0.1, -0.05) is 6.92 Å². The topological polar surface area (TPSA) is 74.5 Å². The average molecular weight is 270 g/mol. The number of benzene rings is 1. The summed E-state index contributed by atoms with van der Waals surface area (Å²) in [4.78, 5) is 8.98. The van der Waals surface area contributed by atoms with Crippen LogP contribution < -0.4 is 5.73 Å². The third-order valence-corrected chi connectivity index (χ3v) is 3.27. The van der Waals surface area contributed by atoms with E-state index in [0.29, 0.717) is 6.54 Å². The molecule has 0 amide bonds. The summed E-state index contributed by atoms with van der Waals surface area (Å²) in [6.07, 6.45) is 3.70. The molecule has 1 aromatic carbocycles. The van der Waals surface area contributed by atoms with Gasteiger partial charge in [0.25, 0.3) is 0 Å². The first-order valence-electron chi connectivity index (χ1n) is 6.76. The molecule has 0 aliphatic carbocycles. The molecule has 2 heterocycles. The number of nitrogen functional groups attached to an aromatic ring is 1. The maximum absolute atomic E-state index is 5.84. The van der Waals surface area contributed by atoms with E-state index >= 15 is 0 Å². The smallest absolute Gasteiger partial charge is 0.170 e. The fourth-order valence-corrected chi connectivity index (χ4v) is 2.39. The van der Waals surface area contributed by atoms with E-state index in [9.17, 15) is 0 Å². The second-order valence-electron chi connectivity index (χ2n) is 4.95. The van der Waals surface area contributed by atoms with E-state index in [4.69, 9.17) is 5.73 Å². The highest BCUT2D eigenvalue weighted by atomic mass is 15.3. The van der Waals surface area contributed by atoms with Crippen LogP contribution in [0, 0.1) is 0 Å². The zero-order chi connectivity index (χ0) is 14.1. The number of anilines is 1. The maximum atomic E-state index is 5.84. The number of nitrogens with zero attached hydrogens (tertiary/aromatic N) is 5. The van der Waals surface area contributed by atoms with Crippen molar-refractivity contribution in [3.63, 3.8) is 0 Å². The summed E-state index contributed by atoms with van der Waals surface area (Å²) < 4.78 is 3.89. The quantitative estimate of drug-likeness (QED) is 0.733. The first-order valence-corrected chi connectivity index (χ1v) is 6.76. The summed E-state index contributed by atoms with van der Waals surface area (Å²) in [5.74, 6) is 1.85. The number of fused-ring (bicyclic) bond motifs is 1. The summed E-state index contributed by atoms with van der Waals surface area (Å²) in [5.41, 5.74) is 8.59. The lowest BCUT2D eigenvalue weighted by Gasteiger charge is -2.06. The lowest BCUT2D eigenvalue weighted by atomic mass is 10.3. The molecule has 0 saturated carbocycles. The molecular weight excluding hydrogens is 252 g/mol. The molecule has 0 aliphatic rings. The molecule has 3 aromatic rings. The van der Waals surface area contributed by atoms with Gasteiger partial charge in [-0.05, 0) is 24.6 Å². The van der Waals surface area contributed by atoms with Crippen molar-refractivity contribution in [2.45, 2.75) is 26.3 Å². The van der Waals surface area contributed by atoms with Crippen LogP contribution >= 0.6 is 0 Å². The Kier molecular flexibility index (Phi) is 3.14. The molecule has 0 fully saturated rings. The first-order chi connectivity index (χ1) is 9.67. The van der Waals surface area contributed by atoms with Crippen LogP contribution in [-0.4, -0.2) is 24.3 Å². The number of aromatic nitrogens is 5. The fourth-order valence-electron chi connectivity index (χ4n) is 2.39. The van der Waals surface area contributed by atoms with Crippen molar-refractivity contribution in [3.8, 4) is 0 Å². The number of nitrogens with two attached hydrogens (primary N) is 1. The Bertz CT molecular complexity index is 739. The van der Waals surface area contributed by atoms with Gasteiger partial charge in [-0.2, -0.15) is 5.10 Å². The van der Waals surface area contributed by atoms with Crippen LogP contribution in [0.15, 0.2) is 24.5 Å². The lowest BCUT2D eigenvalue weighted by Crippen LogP contribution is -2.07. The van der Waals surface area contributed by atoms with Crippen LogP contribution in [0.5, 0.6) is 0 Å². The van der Waals surface area contributed by atoms with Crippen LogP contribution in [0.4, 0.5) is 5.69 Å². The van der Waals surface area contributed by atoms with Crippen molar-refractivity contribution < 1.29 is 0 Å². The molecule has 0 atom stereocenters. The van der Waals surface area contributed by atoms with Gasteiger partial charge in [0.1, 0.15) is 12.2 Å². The number of imidazole rings is 1. The summed E-state index contributed by atoms with van der Waals surface area (Å²) in [5, 5.41) is 4.34. The van der Waals surface area contributed by atoms with Gasteiger partial charge in [-0.15, -0.1) is 0 Å². The highest BCUT2D eigenvalue weighted by molar-refractivity contribution is 5.79. The number of hydrogen-bond donors (Lipinski definition) is 1. The minimum absolute atomic E-state index is 0.636. The molecule has 0 saturated heterocycles. The predicted molar refractivity (Wildman–Crippen MR) is 78.2 cm³/mol. The van der Waals surface area contributed by atoms with Crippen molar-refractivity contribution in [2.75, 3.05) is 5.73 Å². The minimum Gasteiger partial charge on any atom is -0.399 e. The van der Waals surface area contributed by atoms with Gasteiger partial charge in [0.05, 0.1) is 17.6 Å². The normalized spacial score (nSPS) is 11.3. The van der Waals surface area contributed by atoms with Crippen LogP contribution in [-0.2, 0) is 20.0 Å². The van der Waals surface area contributed by atoms with Gasteiger partial charge in [0.2, 0.25) is 0 Å². The van der Waals surface area contributed by atoms with Crippen molar-refractivity contribution in [3.05, 3.63) is 36.2 Å². The summed E-state index contributed by atoms with van der Waals surface area (Å²) in [6.45, 7) is 2.79. The number of hydrogen-bond acceptors (Lipinski definition) is 4. The SMILES string of the molecule is CCCc1nc2cc(N)ccc2n1Cc1ncn(C)n1. The van der Waals surface area contributed by atoms with E-state index < -0.39 is 0 Å². The zero-order valence-corrected chi connectivity index (χ0v) is 11.7. The van der Waals surface area contributed by atoms with Crippen LogP contribution in [0.3, 0.4) is 0 Å². The monoisotopic (exact) mass is 270 g/mol. The van der Waals surface area contributed by atoms with E-state index in [2.05, 4.69) is 26.6 Å². The summed E-state index contributed by atoms with van der Waals surface area (Å²) in [7, 11) is 1.87. The van der Waals surface area contributed by atoms with Crippen LogP contribution in [0.2, 0.25) is 0 Å². The molecule has 104 valence electrons. The molecule has 0 spiro atoms. The second-order valence-corrected chi connectivity index (χ2v) is 4.95. The molecular formula is C14H18N6. The van der Waals surface area contributed by atoms with Gasteiger partial charge in [0, 0.05) is 19.2 Å². The van der Waals surface area contributed by atoms with Gasteiger partial charge >= 0.3 is 0 Å². The third-order valence-electron chi connectivity index (χ3n) is 3.27.